The third-order valence-electron chi connectivity index (χ3n) is 4.64. The molecule has 0 aromatic carbocycles. The Morgan fingerprint density at radius 1 is 1.21 bits per heavy atom. The summed E-state index contributed by atoms with van der Waals surface area (Å²) < 4.78 is 5.05. The van der Waals surface area contributed by atoms with E-state index in [9.17, 15) is 9.59 Å². The lowest BCUT2D eigenvalue weighted by atomic mass is 10.0. The van der Waals surface area contributed by atoms with Gasteiger partial charge in [-0.3, -0.25) is 14.9 Å². The third-order valence-corrected chi connectivity index (χ3v) is 6.66. The Morgan fingerprint density at radius 3 is 2.93 bits per heavy atom. The molecule has 0 fully saturated rings. The zero-order valence-corrected chi connectivity index (χ0v) is 17.5. The summed E-state index contributed by atoms with van der Waals surface area (Å²) in [4.78, 5) is 34.6. The van der Waals surface area contributed by atoms with Crippen molar-refractivity contribution in [1.29, 1.82) is 0 Å². The normalized spacial score (nSPS) is 13.1. The van der Waals surface area contributed by atoms with Crippen molar-refractivity contribution in [3.63, 3.8) is 0 Å². The Morgan fingerprint density at radius 2 is 2.10 bits per heavy atom. The number of furan rings is 1. The number of fused-ring (bicyclic) bond motifs is 1. The van der Waals surface area contributed by atoms with Gasteiger partial charge in [0.1, 0.15) is 0 Å². The van der Waals surface area contributed by atoms with E-state index in [-0.39, 0.29) is 24.0 Å². The monoisotopic (exact) mass is 430 g/mol. The highest BCUT2D eigenvalue weighted by Gasteiger charge is 2.15. The maximum atomic E-state index is 12.1. The van der Waals surface area contributed by atoms with Gasteiger partial charge in [0, 0.05) is 23.2 Å². The third kappa shape index (κ3) is 5.30. The van der Waals surface area contributed by atoms with Crippen LogP contribution in [0.3, 0.4) is 0 Å². The van der Waals surface area contributed by atoms with E-state index in [1.165, 1.54) is 52.4 Å². The summed E-state index contributed by atoms with van der Waals surface area (Å²) in [5, 5.41) is 9.01. The summed E-state index contributed by atoms with van der Waals surface area (Å²) in [6.07, 6.45) is 8.21. The number of hydrogen-bond donors (Lipinski definition) is 2. The fourth-order valence-electron chi connectivity index (χ4n) is 3.22. The van der Waals surface area contributed by atoms with Crippen molar-refractivity contribution in [2.75, 3.05) is 11.9 Å². The molecular weight excluding hydrogens is 408 g/mol. The van der Waals surface area contributed by atoms with Gasteiger partial charge >= 0.3 is 0 Å². The molecule has 0 saturated carbocycles. The largest absolute Gasteiger partial charge is 0.459 e. The molecule has 29 heavy (non-hydrogen) atoms. The topological polar surface area (TPSA) is 97.1 Å². The fourth-order valence-corrected chi connectivity index (χ4v) is 5.12. The maximum Gasteiger partial charge on any atom is 0.293 e. The minimum atomic E-state index is -0.357. The van der Waals surface area contributed by atoms with E-state index in [4.69, 9.17) is 9.40 Å². The van der Waals surface area contributed by atoms with Crippen LogP contribution in [0.2, 0.25) is 0 Å². The summed E-state index contributed by atoms with van der Waals surface area (Å²) >= 11 is 3.11. The molecule has 0 saturated heterocycles. The summed E-state index contributed by atoms with van der Waals surface area (Å²) in [7, 11) is 0. The number of anilines is 1. The smallest absolute Gasteiger partial charge is 0.293 e. The number of thiazole rings is 2. The Hall–Kier alpha value is -2.52. The van der Waals surface area contributed by atoms with Crippen LogP contribution >= 0.6 is 22.7 Å². The van der Waals surface area contributed by atoms with Gasteiger partial charge in [0.2, 0.25) is 5.91 Å². The van der Waals surface area contributed by atoms with E-state index in [0.29, 0.717) is 17.4 Å². The van der Waals surface area contributed by atoms with Gasteiger partial charge in [-0.05, 0) is 44.2 Å². The van der Waals surface area contributed by atoms with Gasteiger partial charge < -0.3 is 9.73 Å². The van der Waals surface area contributed by atoms with E-state index in [0.717, 1.165) is 19.3 Å². The SMILES string of the molecule is O=C(Cc1csc(NC(=O)c2ccco2)n1)NCCCc1nc2c(s1)CCCC2. The van der Waals surface area contributed by atoms with Crippen LogP contribution in [-0.4, -0.2) is 28.3 Å². The molecule has 2 N–H and O–H groups in total. The molecule has 3 heterocycles. The molecular formula is C20H22N4O3S2. The molecule has 9 heteroatoms. The lowest BCUT2D eigenvalue weighted by Crippen LogP contribution is -2.26. The van der Waals surface area contributed by atoms with Crippen LogP contribution in [0.15, 0.2) is 28.2 Å². The van der Waals surface area contributed by atoms with E-state index in [2.05, 4.69) is 15.6 Å². The summed E-state index contributed by atoms with van der Waals surface area (Å²) in [6.45, 7) is 0.620. The number of carbonyl (C=O) groups is 2. The van der Waals surface area contributed by atoms with Crippen LogP contribution in [0.1, 0.15) is 51.1 Å². The van der Waals surface area contributed by atoms with Gasteiger partial charge in [0.15, 0.2) is 10.9 Å². The first-order chi connectivity index (χ1) is 14.2. The second-order valence-electron chi connectivity index (χ2n) is 6.89. The first-order valence-electron chi connectivity index (χ1n) is 9.71. The molecule has 0 bridgehead atoms. The Bertz CT molecular complexity index is 954. The average molecular weight is 431 g/mol. The van der Waals surface area contributed by atoms with Gasteiger partial charge in [-0.15, -0.1) is 22.7 Å². The first kappa shape index (κ1) is 19.8. The van der Waals surface area contributed by atoms with Crippen LogP contribution in [-0.2, 0) is 30.5 Å². The predicted octanol–water partition coefficient (Wildman–Crippen LogP) is 3.62. The highest BCUT2D eigenvalue weighted by Crippen LogP contribution is 2.27. The van der Waals surface area contributed by atoms with E-state index < -0.39 is 0 Å². The number of rotatable bonds is 8. The van der Waals surface area contributed by atoms with Crippen molar-refractivity contribution < 1.29 is 14.0 Å². The van der Waals surface area contributed by atoms with E-state index in [1.54, 1.807) is 17.5 Å². The summed E-state index contributed by atoms with van der Waals surface area (Å²) in [5.74, 6) is -0.206. The number of aryl methyl sites for hydroxylation is 3. The van der Waals surface area contributed by atoms with Crippen molar-refractivity contribution in [1.82, 2.24) is 15.3 Å². The molecule has 0 atom stereocenters. The molecule has 152 valence electrons. The Kier molecular flexibility index (Phi) is 6.36. The number of hydrogen-bond acceptors (Lipinski definition) is 7. The standard InChI is InChI=1S/C20H22N4O3S2/c25-17(21-9-3-8-18-23-14-5-1-2-7-16(14)29-18)11-13-12-28-20(22-13)24-19(26)15-6-4-10-27-15/h4,6,10,12H,1-3,5,7-9,11H2,(H,21,25)(H,22,24,26). The minimum Gasteiger partial charge on any atom is -0.459 e. The van der Waals surface area contributed by atoms with E-state index in [1.807, 2.05) is 11.3 Å². The fraction of sp³-hybridized carbons (Fsp3) is 0.400. The molecule has 0 unspecified atom stereocenters. The van der Waals surface area contributed by atoms with Crippen LogP contribution < -0.4 is 10.6 Å². The lowest BCUT2D eigenvalue weighted by Gasteiger charge is -2.06. The quantitative estimate of drug-likeness (QED) is 0.532. The van der Waals surface area contributed by atoms with Crippen molar-refractivity contribution in [3.8, 4) is 0 Å². The molecule has 1 aliphatic rings. The van der Waals surface area contributed by atoms with Gasteiger partial charge in [0.25, 0.3) is 5.91 Å². The molecule has 2 amide bonds. The van der Waals surface area contributed by atoms with Gasteiger partial charge in [0.05, 0.1) is 29.1 Å². The van der Waals surface area contributed by atoms with Crippen LogP contribution in [0.5, 0.6) is 0 Å². The lowest BCUT2D eigenvalue weighted by molar-refractivity contribution is -0.120. The molecule has 7 nitrogen and oxygen atoms in total. The van der Waals surface area contributed by atoms with Gasteiger partial charge in [-0.1, -0.05) is 0 Å². The molecule has 0 spiro atoms. The second kappa shape index (κ2) is 9.32. The van der Waals surface area contributed by atoms with Crippen molar-refractivity contribution in [3.05, 3.63) is 50.8 Å². The highest BCUT2D eigenvalue weighted by atomic mass is 32.1. The zero-order valence-electron chi connectivity index (χ0n) is 15.9. The van der Waals surface area contributed by atoms with Gasteiger partial charge in [-0.2, -0.15) is 0 Å². The number of carbonyl (C=O) groups excluding carboxylic acids is 2. The Balaban J connectivity index is 1.17. The summed E-state index contributed by atoms with van der Waals surface area (Å²) in [6, 6.07) is 3.23. The maximum absolute atomic E-state index is 12.1. The zero-order chi connectivity index (χ0) is 20.1. The molecule has 0 aliphatic heterocycles. The molecule has 4 rings (SSSR count). The summed E-state index contributed by atoms with van der Waals surface area (Å²) in [5.41, 5.74) is 1.92. The van der Waals surface area contributed by atoms with Gasteiger partial charge in [-0.25, -0.2) is 9.97 Å². The van der Waals surface area contributed by atoms with Crippen molar-refractivity contribution >= 4 is 39.6 Å². The van der Waals surface area contributed by atoms with Crippen molar-refractivity contribution in [2.24, 2.45) is 0 Å². The molecule has 3 aromatic heterocycles. The molecule has 1 aliphatic carbocycles. The van der Waals surface area contributed by atoms with Crippen LogP contribution in [0, 0.1) is 0 Å². The average Bonchev–Trinajstić information content (AvgIpc) is 3.45. The first-order valence-corrected chi connectivity index (χ1v) is 11.4. The molecule has 0 radical (unpaired) electrons. The Labute approximate surface area is 176 Å². The van der Waals surface area contributed by atoms with Crippen molar-refractivity contribution in [2.45, 2.75) is 44.9 Å². The van der Waals surface area contributed by atoms with Crippen LogP contribution in [0.4, 0.5) is 5.13 Å². The second-order valence-corrected chi connectivity index (χ2v) is 8.92. The number of amides is 2. The minimum absolute atomic E-state index is 0.0716. The number of aromatic nitrogens is 2. The number of nitrogens with one attached hydrogen (secondary N) is 2. The highest BCUT2D eigenvalue weighted by molar-refractivity contribution is 7.14. The number of nitrogens with zero attached hydrogens (tertiary/aromatic N) is 2. The predicted molar refractivity (Wildman–Crippen MR) is 113 cm³/mol. The van der Waals surface area contributed by atoms with Crippen LogP contribution in [0.25, 0.3) is 0 Å². The van der Waals surface area contributed by atoms with E-state index >= 15 is 0 Å². The molecule has 3 aromatic rings.